The third kappa shape index (κ3) is 5.30. The summed E-state index contributed by atoms with van der Waals surface area (Å²) in [7, 11) is 0. The molecule has 0 spiro atoms. The van der Waals surface area contributed by atoms with Crippen molar-refractivity contribution >= 4 is 12.0 Å². The summed E-state index contributed by atoms with van der Waals surface area (Å²) in [6.07, 6.45) is 4.03. The third-order valence-electron chi connectivity index (χ3n) is 4.83. The van der Waals surface area contributed by atoms with E-state index in [1.165, 1.54) is 4.90 Å². The summed E-state index contributed by atoms with van der Waals surface area (Å²) in [5.74, 6) is -0.947. The van der Waals surface area contributed by atoms with Crippen molar-refractivity contribution in [3.63, 3.8) is 0 Å². The van der Waals surface area contributed by atoms with E-state index in [1.54, 1.807) is 6.92 Å². The van der Waals surface area contributed by atoms with Crippen LogP contribution in [0.2, 0.25) is 0 Å². The first-order chi connectivity index (χ1) is 12.0. The second-order valence-electron chi connectivity index (χ2n) is 6.83. The van der Waals surface area contributed by atoms with Gasteiger partial charge in [0.1, 0.15) is 6.61 Å². The Balaban J connectivity index is 1.95. The predicted molar refractivity (Wildman–Crippen MR) is 96.1 cm³/mol. The van der Waals surface area contributed by atoms with Crippen LogP contribution in [-0.2, 0) is 16.0 Å². The largest absolute Gasteiger partial charge is 0.447 e. The number of imide groups is 1. The van der Waals surface area contributed by atoms with Gasteiger partial charge in [-0.1, -0.05) is 69.9 Å². The van der Waals surface area contributed by atoms with Crippen molar-refractivity contribution in [3.8, 4) is 0 Å². The van der Waals surface area contributed by atoms with Gasteiger partial charge in [-0.15, -0.1) is 0 Å². The minimum absolute atomic E-state index is 0.207. The monoisotopic (exact) mass is 347 g/mol. The molecule has 1 aromatic carbocycles. The zero-order chi connectivity index (χ0) is 18.2. The Hall–Kier alpha value is -1.88. The van der Waals surface area contributed by atoms with Gasteiger partial charge in [-0.3, -0.25) is 4.79 Å². The minimum Gasteiger partial charge on any atom is -0.447 e. The molecule has 0 bridgehead atoms. The van der Waals surface area contributed by atoms with E-state index in [-0.39, 0.29) is 18.6 Å². The molecular formula is C20H29NO4. The van der Waals surface area contributed by atoms with Crippen LogP contribution in [0.1, 0.15) is 51.5 Å². The molecule has 1 aromatic rings. The minimum atomic E-state index is -0.727. The number of carbonyl (C=O) groups excluding carboxylic acids is 2. The van der Waals surface area contributed by atoms with E-state index in [0.29, 0.717) is 12.8 Å². The predicted octanol–water partition coefficient (Wildman–Crippen LogP) is 3.54. The average Bonchev–Trinajstić information content (AvgIpc) is 2.98. The summed E-state index contributed by atoms with van der Waals surface area (Å²) in [5, 5.41) is 10.3. The first kappa shape index (κ1) is 19.4. The maximum atomic E-state index is 12.8. The Morgan fingerprint density at radius 2 is 2.00 bits per heavy atom. The molecule has 1 heterocycles. The van der Waals surface area contributed by atoms with Gasteiger partial charge in [0, 0.05) is 0 Å². The highest BCUT2D eigenvalue weighted by atomic mass is 16.6. The molecule has 0 aliphatic carbocycles. The van der Waals surface area contributed by atoms with E-state index >= 15 is 0 Å². The normalized spacial score (nSPS) is 19.6. The maximum absolute atomic E-state index is 12.8. The second kappa shape index (κ2) is 9.56. The van der Waals surface area contributed by atoms with E-state index in [4.69, 9.17) is 4.74 Å². The lowest BCUT2D eigenvalue weighted by atomic mass is 9.96. The number of unbranched alkanes of at least 4 members (excludes halogenated alkanes) is 3. The molecule has 0 radical (unpaired) electrons. The number of rotatable bonds is 9. The number of ether oxygens (including phenoxy) is 1. The number of hydrogen-bond donors (Lipinski definition) is 1. The Morgan fingerprint density at radius 1 is 1.28 bits per heavy atom. The molecule has 1 fully saturated rings. The number of aliphatic hydroxyl groups excluding tert-OH is 1. The zero-order valence-electron chi connectivity index (χ0n) is 15.2. The van der Waals surface area contributed by atoms with Gasteiger partial charge in [0.05, 0.1) is 18.1 Å². The smallest absolute Gasteiger partial charge is 0.416 e. The zero-order valence-corrected chi connectivity index (χ0v) is 15.2. The SMILES string of the molecule is CCCCCC[C@@H](O)[C@H](C)C(=O)N1C(=O)OC[C@@H]1Cc1ccccc1. The number of nitrogens with zero attached hydrogens (tertiary/aromatic N) is 1. The molecule has 0 aromatic heterocycles. The van der Waals surface area contributed by atoms with E-state index < -0.39 is 18.1 Å². The highest BCUT2D eigenvalue weighted by Gasteiger charge is 2.41. The summed E-state index contributed by atoms with van der Waals surface area (Å²) < 4.78 is 5.10. The Kier molecular flexibility index (Phi) is 7.44. The van der Waals surface area contributed by atoms with Gasteiger partial charge in [-0.05, 0) is 18.4 Å². The van der Waals surface area contributed by atoms with Gasteiger partial charge in [0.15, 0.2) is 0 Å². The van der Waals surface area contributed by atoms with Crippen LogP contribution in [0, 0.1) is 5.92 Å². The Labute approximate surface area is 150 Å². The maximum Gasteiger partial charge on any atom is 0.416 e. The molecule has 2 rings (SSSR count). The molecule has 5 nitrogen and oxygen atoms in total. The molecule has 0 unspecified atom stereocenters. The van der Waals surface area contributed by atoms with Gasteiger partial charge in [0.25, 0.3) is 0 Å². The highest BCUT2D eigenvalue weighted by molar-refractivity contribution is 5.94. The third-order valence-corrected chi connectivity index (χ3v) is 4.83. The standard InChI is InChI=1S/C20H29NO4/c1-3-4-5-9-12-18(22)15(2)19(23)21-17(14-25-20(21)24)13-16-10-7-6-8-11-16/h6-8,10-11,15,17-18,22H,3-5,9,12-14H2,1-2H3/t15-,17-,18+/m0/s1. The van der Waals surface area contributed by atoms with Crippen molar-refractivity contribution in [1.82, 2.24) is 4.90 Å². The van der Waals surface area contributed by atoms with Gasteiger partial charge in [-0.25, -0.2) is 9.69 Å². The molecule has 1 N–H and O–H groups in total. The van der Waals surface area contributed by atoms with Gasteiger partial charge in [0.2, 0.25) is 5.91 Å². The molecular weight excluding hydrogens is 318 g/mol. The molecule has 3 atom stereocenters. The molecule has 0 saturated carbocycles. The molecule has 138 valence electrons. The molecule has 5 heteroatoms. The van der Waals surface area contributed by atoms with Gasteiger partial charge in [-0.2, -0.15) is 0 Å². The van der Waals surface area contributed by atoms with Crippen LogP contribution in [0.4, 0.5) is 4.79 Å². The van der Waals surface area contributed by atoms with Gasteiger partial charge >= 0.3 is 6.09 Å². The molecule has 25 heavy (non-hydrogen) atoms. The molecule has 1 aliphatic rings. The number of cyclic esters (lactones) is 1. The number of amides is 2. The van der Waals surface area contributed by atoms with Crippen LogP contribution < -0.4 is 0 Å². The lowest BCUT2D eigenvalue weighted by molar-refractivity contribution is -0.136. The topological polar surface area (TPSA) is 66.8 Å². The fourth-order valence-corrected chi connectivity index (χ4v) is 3.18. The number of aliphatic hydroxyl groups is 1. The first-order valence-electron chi connectivity index (χ1n) is 9.26. The van der Waals surface area contributed by atoms with Crippen molar-refractivity contribution < 1.29 is 19.4 Å². The van der Waals surface area contributed by atoms with Crippen LogP contribution in [0.5, 0.6) is 0 Å². The van der Waals surface area contributed by atoms with Crippen LogP contribution in [0.25, 0.3) is 0 Å². The van der Waals surface area contributed by atoms with Crippen molar-refractivity contribution in [1.29, 1.82) is 0 Å². The molecule has 1 aliphatic heterocycles. The van der Waals surface area contributed by atoms with E-state index in [9.17, 15) is 14.7 Å². The molecule has 2 amide bonds. The van der Waals surface area contributed by atoms with Crippen molar-refractivity contribution in [3.05, 3.63) is 35.9 Å². The van der Waals surface area contributed by atoms with Crippen LogP contribution in [0.3, 0.4) is 0 Å². The van der Waals surface area contributed by atoms with Crippen LogP contribution >= 0.6 is 0 Å². The summed E-state index contributed by atoms with van der Waals surface area (Å²) in [6, 6.07) is 9.43. The number of benzene rings is 1. The summed E-state index contributed by atoms with van der Waals surface area (Å²) >= 11 is 0. The fraction of sp³-hybridized carbons (Fsp3) is 0.600. The fourth-order valence-electron chi connectivity index (χ4n) is 3.18. The van der Waals surface area contributed by atoms with Gasteiger partial charge < -0.3 is 9.84 Å². The van der Waals surface area contributed by atoms with Crippen molar-refractivity contribution in [2.45, 2.75) is 64.5 Å². The second-order valence-corrected chi connectivity index (χ2v) is 6.83. The van der Waals surface area contributed by atoms with Crippen molar-refractivity contribution in [2.24, 2.45) is 5.92 Å². The van der Waals surface area contributed by atoms with E-state index in [1.807, 2.05) is 30.3 Å². The average molecular weight is 347 g/mol. The first-order valence-corrected chi connectivity index (χ1v) is 9.26. The summed E-state index contributed by atoms with van der Waals surface area (Å²) in [6.45, 7) is 4.03. The number of carbonyl (C=O) groups is 2. The van der Waals surface area contributed by atoms with Crippen molar-refractivity contribution in [2.75, 3.05) is 6.61 Å². The highest BCUT2D eigenvalue weighted by Crippen LogP contribution is 2.22. The number of hydrogen-bond acceptors (Lipinski definition) is 4. The van der Waals surface area contributed by atoms with Crippen LogP contribution in [-0.4, -0.2) is 40.8 Å². The lowest BCUT2D eigenvalue weighted by Gasteiger charge is -2.25. The van der Waals surface area contributed by atoms with E-state index in [2.05, 4.69) is 6.92 Å². The summed E-state index contributed by atoms with van der Waals surface area (Å²) in [4.78, 5) is 26.0. The Morgan fingerprint density at radius 3 is 2.68 bits per heavy atom. The van der Waals surface area contributed by atoms with E-state index in [0.717, 1.165) is 31.2 Å². The molecule has 1 saturated heterocycles. The quantitative estimate of drug-likeness (QED) is 0.694. The van der Waals surface area contributed by atoms with Crippen LogP contribution in [0.15, 0.2) is 30.3 Å². The summed E-state index contributed by atoms with van der Waals surface area (Å²) in [5.41, 5.74) is 1.05. The lowest BCUT2D eigenvalue weighted by Crippen LogP contribution is -2.45. The Bertz CT molecular complexity index is 560.